The third-order valence-electron chi connectivity index (χ3n) is 2.13. The van der Waals surface area contributed by atoms with Gasteiger partial charge in [0.1, 0.15) is 12.2 Å². The number of hydrogen-bond donors (Lipinski definition) is 1. The summed E-state index contributed by atoms with van der Waals surface area (Å²) in [6.45, 7) is 4.05. The molecule has 0 atom stereocenters. The molecule has 2 rings (SSSR count). The van der Waals surface area contributed by atoms with Crippen LogP contribution in [-0.4, -0.2) is 38.5 Å². The Hall–Kier alpha value is -0.550. The molecular weight excluding hydrogens is 172 g/mol. The predicted octanol–water partition coefficient (Wildman–Crippen LogP) is 0.0235. The van der Waals surface area contributed by atoms with Crippen LogP contribution in [0.15, 0.2) is 6.33 Å². The minimum atomic E-state index is 0.911. The molecule has 0 aromatic carbocycles. The second-order valence-electron chi connectivity index (χ2n) is 2.94. The van der Waals surface area contributed by atoms with Crippen molar-refractivity contribution in [3.8, 4) is 0 Å². The topological polar surface area (TPSA) is 34.0 Å². The Morgan fingerprint density at radius 1 is 1.50 bits per heavy atom. The van der Waals surface area contributed by atoms with E-state index in [0.717, 1.165) is 37.8 Å². The third-order valence-corrected chi connectivity index (χ3v) is 2.33. The van der Waals surface area contributed by atoms with Gasteiger partial charge < -0.3 is 4.57 Å². The van der Waals surface area contributed by atoms with Crippen LogP contribution in [0.4, 0.5) is 0 Å². The molecule has 1 aliphatic rings. The van der Waals surface area contributed by atoms with Crippen LogP contribution in [0.1, 0.15) is 5.82 Å². The van der Waals surface area contributed by atoms with Crippen molar-refractivity contribution in [2.75, 3.05) is 18.8 Å². The fraction of sp³-hybridized carbons (Fsp3) is 0.714. The first-order valence-corrected chi connectivity index (χ1v) is 4.73. The van der Waals surface area contributed by atoms with E-state index in [1.165, 1.54) is 0 Å². The number of nitrogens with zero attached hydrogens (tertiary/aromatic N) is 4. The molecule has 0 bridgehead atoms. The summed E-state index contributed by atoms with van der Waals surface area (Å²) >= 11 is 4.20. The SMILES string of the molecule is SCCN1CCn2cnnc2C1. The zero-order chi connectivity index (χ0) is 8.39. The lowest BCUT2D eigenvalue weighted by Gasteiger charge is -2.25. The highest BCUT2D eigenvalue weighted by Gasteiger charge is 2.15. The quantitative estimate of drug-likeness (QED) is 0.658. The molecule has 12 heavy (non-hydrogen) atoms. The van der Waals surface area contributed by atoms with Crippen LogP contribution in [0.2, 0.25) is 0 Å². The maximum absolute atomic E-state index is 4.20. The van der Waals surface area contributed by atoms with E-state index in [-0.39, 0.29) is 0 Å². The zero-order valence-corrected chi connectivity index (χ0v) is 7.74. The maximum atomic E-state index is 4.20. The van der Waals surface area contributed by atoms with Gasteiger partial charge in [-0.15, -0.1) is 10.2 Å². The summed E-state index contributed by atoms with van der Waals surface area (Å²) in [5.74, 6) is 1.98. The van der Waals surface area contributed by atoms with E-state index in [1.807, 2.05) is 0 Å². The summed E-state index contributed by atoms with van der Waals surface area (Å²) in [6.07, 6.45) is 1.80. The van der Waals surface area contributed by atoms with Crippen molar-refractivity contribution in [1.82, 2.24) is 19.7 Å². The molecule has 0 saturated carbocycles. The van der Waals surface area contributed by atoms with Gasteiger partial charge in [0.25, 0.3) is 0 Å². The minimum Gasteiger partial charge on any atom is -0.315 e. The van der Waals surface area contributed by atoms with Crippen LogP contribution in [0, 0.1) is 0 Å². The van der Waals surface area contributed by atoms with Crippen molar-refractivity contribution < 1.29 is 0 Å². The normalized spacial score (nSPS) is 17.8. The lowest BCUT2D eigenvalue weighted by molar-refractivity contribution is 0.230. The molecule has 4 nitrogen and oxygen atoms in total. The van der Waals surface area contributed by atoms with Crippen molar-refractivity contribution in [2.24, 2.45) is 0 Å². The molecule has 0 fully saturated rings. The van der Waals surface area contributed by atoms with Crippen molar-refractivity contribution in [3.63, 3.8) is 0 Å². The highest BCUT2D eigenvalue weighted by atomic mass is 32.1. The molecule has 0 aliphatic carbocycles. The Morgan fingerprint density at radius 2 is 2.42 bits per heavy atom. The molecule has 66 valence electrons. The molecule has 0 unspecified atom stereocenters. The summed E-state index contributed by atoms with van der Waals surface area (Å²) in [4.78, 5) is 2.34. The van der Waals surface area contributed by atoms with E-state index >= 15 is 0 Å². The highest BCUT2D eigenvalue weighted by Crippen LogP contribution is 2.07. The minimum absolute atomic E-state index is 0.911. The molecule has 1 aromatic heterocycles. The van der Waals surface area contributed by atoms with Crippen molar-refractivity contribution in [2.45, 2.75) is 13.1 Å². The van der Waals surface area contributed by atoms with E-state index < -0.39 is 0 Å². The fourth-order valence-electron chi connectivity index (χ4n) is 1.45. The lowest BCUT2D eigenvalue weighted by Crippen LogP contribution is -2.34. The first kappa shape index (κ1) is 8.07. The van der Waals surface area contributed by atoms with Gasteiger partial charge in [-0.25, -0.2) is 0 Å². The van der Waals surface area contributed by atoms with Crippen LogP contribution in [0.25, 0.3) is 0 Å². The Labute approximate surface area is 77.0 Å². The lowest BCUT2D eigenvalue weighted by atomic mass is 10.3. The standard InChI is InChI=1S/C7H12N4S/c12-4-3-10-1-2-11-6-8-9-7(11)5-10/h6,12H,1-5H2. The van der Waals surface area contributed by atoms with E-state index in [9.17, 15) is 0 Å². The Morgan fingerprint density at radius 3 is 3.25 bits per heavy atom. The summed E-state index contributed by atoms with van der Waals surface area (Å²) in [7, 11) is 0. The molecule has 1 aliphatic heterocycles. The molecule has 5 heteroatoms. The number of fused-ring (bicyclic) bond motifs is 1. The molecule has 0 spiro atoms. The second-order valence-corrected chi connectivity index (χ2v) is 3.39. The van der Waals surface area contributed by atoms with E-state index in [1.54, 1.807) is 6.33 Å². The maximum Gasteiger partial charge on any atom is 0.147 e. The Kier molecular flexibility index (Phi) is 2.32. The molecule has 0 radical (unpaired) electrons. The molecule has 1 aromatic rings. The summed E-state index contributed by atoms with van der Waals surface area (Å²) in [6, 6.07) is 0. The molecule has 0 amide bonds. The highest BCUT2D eigenvalue weighted by molar-refractivity contribution is 7.80. The number of rotatable bonds is 2. The van der Waals surface area contributed by atoms with Crippen LogP contribution in [-0.2, 0) is 13.1 Å². The molecular formula is C7H12N4S. The van der Waals surface area contributed by atoms with Gasteiger partial charge in [-0.2, -0.15) is 12.6 Å². The summed E-state index contributed by atoms with van der Waals surface area (Å²) in [5.41, 5.74) is 0. The molecule has 2 heterocycles. The summed E-state index contributed by atoms with van der Waals surface area (Å²) in [5, 5.41) is 7.90. The molecule has 0 saturated heterocycles. The van der Waals surface area contributed by atoms with Crippen molar-refractivity contribution in [3.05, 3.63) is 12.2 Å². The average Bonchev–Trinajstić information content (AvgIpc) is 2.51. The average molecular weight is 184 g/mol. The van der Waals surface area contributed by atoms with Gasteiger partial charge >= 0.3 is 0 Å². The van der Waals surface area contributed by atoms with Gasteiger partial charge in [-0.3, -0.25) is 4.90 Å². The van der Waals surface area contributed by atoms with Gasteiger partial charge in [0.2, 0.25) is 0 Å². The van der Waals surface area contributed by atoms with Crippen LogP contribution in [0.5, 0.6) is 0 Å². The van der Waals surface area contributed by atoms with Crippen LogP contribution in [0.3, 0.4) is 0 Å². The largest absolute Gasteiger partial charge is 0.315 e. The van der Waals surface area contributed by atoms with Gasteiger partial charge in [0.05, 0.1) is 6.54 Å². The predicted molar refractivity (Wildman–Crippen MR) is 49.2 cm³/mol. The summed E-state index contributed by atoms with van der Waals surface area (Å²) < 4.78 is 2.11. The smallest absolute Gasteiger partial charge is 0.147 e. The van der Waals surface area contributed by atoms with Gasteiger partial charge in [0.15, 0.2) is 0 Å². The third kappa shape index (κ3) is 1.47. The van der Waals surface area contributed by atoms with Crippen molar-refractivity contribution >= 4 is 12.6 Å². The zero-order valence-electron chi connectivity index (χ0n) is 6.85. The number of aromatic nitrogens is 3. The van der Waals surface area contributed by atoms with E-state index in [0.29, 0.717) is 0 Å². The number of hydrogen-bond acceptors (Lipinski definition) is 4. The first-order chi connectivity index (χ1) is 5.90. The van der Waals surface area contributed by atoms with Gasteiger partial charge in [-0.05, 0) is 0 Å². The monoisotopic (exact) mass is 184 g/mol. The second kappa shape index (κ2) is 3.45. The van der Waals surface area contributed by atoms with Crippen LogP contribution >= 0.6 is 12.6 Å². The Balaban J connectivity index is 2.05. The van der Waals surface area contributed by atoms with Crippen molar-refractivity contribution in [1.29, 1.82) is 0 Å². The Bertz CT molecular complexity index is 260. The first-order valence-electron chi connectivity index (χ1n) is 4.10. The van der Waals surface area contributed by atoms with Gasteiger partial charge in [0, 0.05) is 25.4 Å². The van der Waals surface area contributed by atoms with Gasteiger partial charge in [-0.1, -0.05) is 0 Å². The molecule has 0 N–H and O–H groups in total. The fourth-order valence-corrected chi connectivity index (χ4v) is 1.73. The van der Waals surface area contributed by atoms with E-state index in [2.05, 4.69) is 32.3 Å². The van der Waals surface area contributed by atoms with Crippen LogP contribution < -0.4 is 0 Å². The number of thiol groups is 1. The van der Waals surface area contributed by atoms with E-state index in [4.69, 9.17) is 0 Å².